The van der Waals surface area contributed by atoms with Crippen molar-refractivity contribution in [3.05, 3.63) is 53.1 Å². The van der Waals surface area contributed by atoms with E-state index in [1.165, 1.54) is 57.3 Å². The zero-order valence-electron chi connectivity index (χ0n) is 15.0. The Bertz CT molecular complexity index is 841. The zero-order valence-corrected chi connectivity index (χ0v) is 15.0. The van der Waals surface area contributed by atoms with Gasteiger partial charge >= 0.3 is 0 Å². The van der Waals surface area contributed by atoms with Gasteiger partial charge < -0.3 is 14.2 Å². The lowest BCUT2D eigenvalue weighted by Crippen LogP contribution is -2.21. The van der Waals surface area contributed by atoms with Gasteiger partial charge in [-0.05, 0) is 18.2 Å². The first-order chi connectivity index (χ1) is 13.0. The van der Waals surface area contributed by atoms with Crippen LogP contribution in [0.15, 0.2) is 41.5 Å². The molecule has 0 aromatic heterocycles. The second-order valence-corrected chi connectivity index (χ2v) is 5.17. The van der Waals surface area contributed by atoms with E-state index in [9.17, 15) is 9.59 Å². The molecular weight excluding hydrogens is 354 g/mol. The highest BCUT2D eigenvalue weighted by molar-refractivity contribution is 5.99. The number of nitrogens with one attached hydrogen (secondary N) is 2. The third kappa shape index (κ3) is 4.73. The molecule has 0 aliphatic heterocycles. The van der Waals surface area contributed by atoms with Gasteiger partial charge in [0, 0.05) is 23.3 Å². The number of hydrazone groups is 1. The van der Waals surface area contributed by atoms with Crippen molar-refractivity contribution in [2.45, 2.75) is 0 Å². The lowest BCUT2D eigenvalue weighted by molar-refractivity contribution is 0.0706. The number of hydroxylamine groups is 1. The summed E-state index contributed by atoms with van der Waals surface area (Å²) in [7, 11) is 4.50. The van der Waals surface area contributed by atoms with Gasteiger partial charge in [-0.15, -0.1) is 0 Å². The maximum Gasteiger partial charge on any atom is 0.274 e. The molecule has 0 atom stereocenters. The Morgan fingerprint density at radius 1 is 0.963 bits per heavy atom. The summed E-state index contributed by atoms with van der Waals surface area (Å²) in [6, 6.07) is 9.11. The lowest BCUT2D eigenvalue weighted by Gasteiger charge is -2.12. The molecule has 0 aliphatic carbocycles. The van der Waals surface area contributed by atoms with Crippen LogP contribution in [0.25, 0.3) is 0 Å². The van der Waals surface area contributed by atoms with Crippen LogP contribution in [0.5, 0.6) is 17.2 Å². The van der Waals surface area contributed by atoms with Gasteiger partial charge in [-0.1, -0.05) is 6.07 Å². The van der Waals surface area contributed by atoms with Gasteiger partial charge in [-0.25, -0.2) is 10.9 Å². The van der Waals surface area contributed by atoms with E-state index in [0.29, 0.717) is 22.8 Å². The van der Waals surface area contributed by atoms with Gasteiger partial charge in [-0.3, -0.25) is 14.8 Å². The van der Waals surface area contributed by atoms with Crippen LogP contribution in [0, 0.1) is 0 Å². The molecule has 2 rings (SSSR count). The number of hydrogen-bond acceptors (Lipinski definition) is 7. The highest BCUT2D eigenvalue weighted by Crippen LogP contribution is 2.32. The largest absolute Gasteiger partial charge is 0.496 e. The van der Waals surface area contributed by atoms with Crippen molar-refractivity contribution < 1.29 is 29.0 Å². The molecule has 9 nitrogen and oxygen atoms in total. The van der Waals surface area contributed by atoms with Gasteiger partial charge in [0.2, 0.25) is 0 Å². The minimum absolute atomic E-state index is 0.132. The minimum atomic E-state index is -0.721. The van der Waals surface area contributed by atoms with Crippen LogP contribution in [0.2, 0.25) is 0 Å². The predicted octanol–water partition coefficient (Wildman–Crippen LogP) is 1.60. The minimum Gasteiger partial charge on any atom is -0.496 e. The second kappa shape index (κ2) is 9.20. The van der Waals surface area contributed by atoms with Crippen molar-refractivity contribution in [3.63, 3.8) is 0 Å². The summed E-state index contributed by atoms with van der Waals surface area (Å²) in [5.74, 6) is 0.187. The van der Waals surface area contributed by atoms with E-state index in [0.717, 1.165) is 0 Å². The van der Waals surface area contributed by atoms with Crippen LogP contribution in [0.1, 0.15) is 26.3 Å². The number of benzene rings is 2. The van der Waals surface area contributed by atoms with E-state index in [1.54, 1.807) is 12.1 Å². The molecule has 0 fully saturated rings. The fourth-order valence-electron chi connectivity index (χ4n) is 2.25. The Hall–Kier alpha value is -3.59. The number of nitrogens with zero attached hydrogens (tertiary/aromatic N) is 1. The molecule has 2 amide bonds. The van der Waals surface area contributed by atoms with E-state index in [-0.39, 0.29) is 11.1 Å². The topological polar surface area (TPSA) is 118 Å². The molecule has 3 N–H and O–H groups in total. The van der Waals surface area contributed by atoms with E-state index in [1.807, 2.05) is 0 Å². The quantitative estimate of drug-likeness (QED) is 0.385. The average molecular weight is 373 g/mol. The molecule has 2 aromatic carbocycles. The number of ether oxygens (including phenoxy) is 3. The third-order valence-corrected chi connectivity index (χ3v) is 3.60. The maximum absolute atomic E-state index is 12.2. The predicted molar refractivity (Wildman–Crippen MR) is 96.9 cm³/mol. The summed E-state index contributed by atoms with van der Waals surface area (Å²) < 4.78 is 15.8. The van der Waals surface area contributed by atoms with Crippen LogP contribution in [-0.2, 0) is 0 Å². The van der Waals surface area contributed by atoms with Gasteiger partial charge in [0.05, 0.1) is 33.1 Å². The Kier molecular flexibility index (Phi) is 6.73. The molecule has 0 bridgehead atoms. The van der Waals surface area contributed by atoms with E-state index in [4.69, 9.17) is 19.4 Å². The first-order valence-corrected chi connectivity index (χ1v) is 7.72. The van der Waals surface area contributed by atoms with Crippen LogP contribution < -0.4 is 25.1 Å². The molecular formula is C18H19N3O6. The van der Waals surface area contributed by atoms with Crippen LogP contribution in [0.3, 0.4) is 0 Å². The highest BCUT2D eigenvalue weighted by atomic mass is 16.5. The number of carbonyl (C=O) groups is 2. The molecule has 0 saturated carbocycles. The molecule has 0 unspecified atom stereocenters. The Balaban J connectivity index is 2.20. The summed E-state index contributed by atoms with van der Waals surface area (Å²) in [6.07, 6.45) is 1.37. The van der Waals surface area contributed by atoms with Crippen molar-refractivity contribution in [2.75, 3.05) is 21.3 Å². The zero-order chi connectivity index (χ0) is 19.8. The molecule has 9 heteroatoms. The van der Waals surface area contributed by atoms with Crippen molar-refractivity contribution >= 4 is 18.0 Å². The molecule has 0 spiro atoms. The fraction of sp³-hybridized carbons (Fsp3) is 0.167. The van der Waals surface area contributed by atoms with Gasteiger partial charge in [0.25, 0.3) is 11.8 Å². The first kappa shape index (κ1) is 19.7. The van der Waals surface area contributed by atoms with E-state index >= 15 is 0 Å². The van der Waals surface area contributed by atoms with Crippen molar-refractivity contribution in [1.82, 2.24) is 10.9 Å². The molecule has 142 valence electrons. The fourth-order valence-corrected chi connectivity index (χ4v) is 2.25. The summed E-state index contributed by atoms with van der Waals surface area (Å²) in [6.45, 7) is 0. The van der Waals surface area contributed by atoms with Gasteiger partial charge in [-0.2, -0.15) is 5.10 Å². The Morgan fingerprint density at radius 2 is 1.56 bits per heavy atom. The maximum atomic E-state index is 12.2. The molecule has 0 saturated heterocycles. The number of rotatable bonds is 7. The average Bonchev–Trinajstić information content (AvgIpc) is 2.72. The number of hydrogen-bond donors (Lipinski definition) is 3. The van der Waals surface area contributed by atoms with Crippen LogP contribution in [0.4, 0.5) is 0 Å². The number of amides is 2. The first-order valence-electron chi connectivity index (χ1n) is 7.72. The number of methoxy groups -OCH3 is 3. The molecule has 0 aliphatic rings. The lowest BCUT2D eigenvalue weighted by atomic mass is 10.1. The monoisotopic (exact) mass is 373 g/mol. The second-order valence-electron chi connectivity index (χ2n) is 5.17. The van der Waals surface area contributed by atoms with Crippen molar-refractivity contribution in [2.24, 2.45) is 5.10 Å². The Morgan fingerprint density at radius 3 is 2.07 bits per heavy atom. The van der Waals surface area contributed by atoms with Gasteiger partial charge in [0.1, 0.15) is 17.2 Å². The third-order valence-electron chi connectivity index (χ3n) is 3.60. The summed E-state index contributed by atoms with van der Waals surface area (Å²) in [5, 5.41) is 12.6. The highest BCUT2D eigenvalue weighted by Gasteiger charge is 2.12. The smallest absolute Gasteiger partial charge is 0.274 e. The number of carbonyl (C=O) groups excluding carboxylic acids is 2. The molecule has 0 radical (unpaired) electrons. The van der Waals surface area contributed by atoms with Crippen molar-refractivity contribution in [3.8, 4) is 17.2 Å². The standard InChI is InChI=1S/C18H19N3O6/c1-25-13-8-15(26-2)14(16(9-13)27-3)10-19-20-17(22)11-5-4-6-12(7-11)18(23)21-24/h4-10,24H,1-3H3,(H,20,22)(H,21,23)/b19-10+. The van der Waals surface area contributed by atoms with E-state index < -0.39 is 11.8 Å². The van der Waals surface area contributed by atoms with E-state index in [2.05, 4.69) is 10.5 Å². The van der Waals surface area contributed by atoms with Gasteiger partial charge in [0.15, 0.2) is 0 Å². The van der Waals surface area contributed by atoms with Crippen LogP contribution in [-0.4, -0.2) is 44.6 Å². The van der Waals surface area contributed by atoms with Crippen LogP contribution >= 0.6 is 0 Å². The molecule has 0 heterocycles. The summed E-state index contributed by atoms with van der Waals surface area (Å²) >= 11 is 0. The molecule has 27 heavy (non-hydrogen) atoms. The Labute approximate surface area is 155 Å². The normalized spacial score (nSPS) is 10.4. The summed E-state index contributed by atoms with van der Waals surface area (Å²) in [5.41, 5.74) is 4.70. The SMILES string of the molecule is COc1cc(OC)c(/C=N/NC(=O)c2cccc(C(=O)NO)c2)c(OC)c1. The molecule has 2 aromatic rings. The summed E-state index contributed by atoms with van der Waals surface area (Å²) in [4.78, 5) is 23.6. The van der Waals surface area contributed by atoms with Crippen molar-refractivity contribution in [1.29, 1.82) is 0 Å².